The number of carbonyl (C=O) groups is 1. The average molecular weight is 383 g/mol. The van der Waals surface area contributed by atoms with Gasteiger partial charge in [0.15, 0.2) is 0 Å². The lowest BCUT2D eigenvalue weighted by Crippen LogP contribution is -2.26. The molecule has 0 radical (unpaired) electrons. The van der Waals surface area contributed by atoms with Crippen molar-refractivity contribution in [2.45, 2.75) is 19.8 Å². The van der Waals surface area contributed by atoms with Gasteiger partial charge in [0.2, 0.25) is 0 Å². The van der Waals surface area contributed by atoms with E-state index in [1.165, 1.54) is 16.5 Å². The molecule has 0 bridgehead atoms. The molecule has 0 spiro atoms. The van der Waals surface area contributed by atoms with Gasteiger partial charge in [-0.25, -0.2) is 0 Å². The number of para-hydroxylation sites is 2. The minimum atomic E-state index is -0.0712. The number of H-pyrrole nitrogens is 1. The van der Waals surface area contributed by atoms with Gasteiger partial charge in [-0.15, -0.1) is 0 Å². The van der Waals surface area contributed by atoms with E-state index in [-0.39, 0.29) is 5.91 Å². The van der Waals surface area contributed by atoms with Gasteiger partial charge in [0, 0.05) is 29.3 Å². The van der Waals surface area contributed by atoms with Crippen molar-refractivity contribution in [3.05, 3.63) is 95.7 Å². The molecule has 4 rings (SSSR count). The van der Waals surface area contributed by atoms with Crippen molar-refractivity contribution in [3.63, 3.8) is 0 Å². The van der Waals surface area contributed by atoms with E-state index in [0.29, 0.717) is 12.1 Å². The highest BCUT2D eigenvalue weighted by atomic mass is 16.1. The number of aromatic nitrogens is 1. The van der Waals surface area contributed by atoms with Crippen LogP contribution in [0.25, 0.3) is 10.9 Å². The average Bonchev–Trinajstić information content (AvgIpc) is 3.17. The third-order valence-electron chi connectivity index (χ3n) is 5.14. The molecule has 4 aromatic rings. The van der Waals surface area contributed by atoms with Gasteiger partial charge in [0.05, 0.1) is 11.3 Å². The van der Waals surface area contributed by atoms with Gasteiger partial charge in [0.1, 0.15) is 0 Å². The van der Waals surface area contributed by atoms with Gasteiger partial charge in [0.25, 0.3) is 5.91 Å². The Morgan fingerprint density at radius 3 is 2.59 bits per heavy atom. The van der Waals surface area contributed by atoms with E-state index in [2.05, 4.69) is 40.7 Å². The van der Waals surface area contributed by atoms with Crippen molar-refractivity contribution < 1.29 is 4.79 Å². The fourth-order valence-corrected chi connectivity index (χ4v) is 3.53. The van der Waals surface area contributed by atoms with Crippen LogP contribution < -0.4 is 10.6 Å². The molecule has 0 aliphatic heterocycles. The van der Waals surface area contributed by atoms with Crippen LogP contribution in [0.2, 0.25) is 0 Å². The van der Waals surface area contributed by atoms with Gasteiger partial charge >= 0.3 is 0 Å². The third kappa shape index (κ3) is 4.32. The van der Waals surface area contributed by atoms with Crippen LogP contribution in [-0.4, -0.2) is 17.4 Å². The number of amides is 1. The molecule has 0 unspecified atom stereocenters. The summed E-state index contributed by atoms with van der Waals surface area (Å²) in [6.45, 7) is 2.75. The third-order valence-corrected chi connectivity index (χ3v) is 5.14. The fraction of sp³-hybridized carbons (Fsp3) is 0.160. The van der Waals surface area contributed by atoms with E-state index in [9.17, 15) is 4.79 Å². The highest BCUT2D eigenvalue weighted by molar-refractivity contribution is 6.00. The SMILES string of the molecule is CCc1ccc2[nH]cc(CCNC(=O)c3ccccc3Nc3ccccc3)c2c1. The molecule has 0 aliphatic carbocycles. The molecule has 4 heteroatoms. The summed E-state index contributed by atoms with van der Waals surface area (Å²) in [7, 11) is 0. The van der Waals surface area contributed by atoms with Crippen LogP contribution in [0, 0.1) is 0 Å². The largest absolute Gasteiger partial charge is 0.361 e. The number of hydrogen-bond acceptors (Lipinski definition) is 2. The second kappa shape index (κ2) is 8.65. The smallest absolute Gasteiger partial charge is 0.253 e. The Morgan fingerprint density at radius 1 is 0.966 bits per heavy atom. The lowest BCUT2D eigenvalue weighted by atomic mass is 10.1. The molecular weight excluding hydrogens is 358 g/mol. The lowest BCUT2D eigenvalue weighted by molar-refractivity contribution is 0.0955. The van der Waals surface area contributed by atoms with E-state index in [0.717, 1.165) is 29.7 Å². The van der Waals surface area contributed by atoms with Crippen molar-refractivity contribution >= 4 is 28.2 Å². The number of carbonyl (C=O) groups excluding carboxylic acids is 1. The number of benzene rings is 3. The molecule has 0 saturated carbocycles. The molecule has 1 heterocycles. The molecule has 146 valence electrons. The van der Waals surface area contributed by atoms with Crippen LogP contribution in [0.4, 0.5) is 11.4 Å². The number of aryl methyl sites for hydroxylation is 1. The van der Waals surface area contributed by atoms with Crippen LogP contribution in [0.5, 0.6) is 0 Å². The monoisotopic (exact) mass is 383 g/mol. The Balaban J connectivity index is 1.43. The molecule has 29 heavy (non-hydrogen) atoms. The van der Waals surface area contributed by atoms with Crippen LogP contribution in [0.1, 0.15) is 28.4 Å². The Kier molecular flexibility index (Phi) is 5.61. The maximum atomic E-state index is 12.8. The van der Waals surface area contributed by atoms with E-state index < -0.39 is 0 Å². The van der Waals surface area contributed by atoms with E-state index in [1.807, 2.05) is 60.8 Å². The van der Waals surface area contributed by atoms with E-state index in [4.69, 9.17) is 0 Å². The summed E-state index contributed by atoms with van der Waals surface area (Å²) in [6, 6.07) is 24.0. The Hall–Kier alpha value is -3.53. The van der Waals surface area contributed by atoms with Gasteiger partial charge in [-0.1, -0.05) is 43.3 Å². The molecular formula is C25H25N3O. The second-order valence-electron chi connectivity index (χ2n) is 7.09. The molecule has 3 N–H and O–H groups in total. The minimum absolute atomic E-state index is 0.0712. The predicted octanol–water partition coefficient (Wildman–Crippen LogP) is 5.45. The van der Waals surface area contributed by atoms with Crippen molar-refractivity contribution in [2.24, 2.45) is 0 Å². The quantitative estimate of drug-likeness (QED) is 0.398. The van der Waals surface area contributed by atoms with Crippen molar-refractivity contribution in [1.29, 1.82) is 0 Å². The first-order valence-electron chi connectivity index (χ1n) is 10.0. The minimum Gasteiger partial charge on any atom is -0.361 e. The summed E-state index contributed by atoms with van der Waals surface area (Å²) in [5, 5.41) is 7.63. The van der Waals surface area contributed by atoms with Gasteiger partial charge < -0.3 is 15.6 Å². The number of fused-ring (bicyclic) bond motifs is 1. The summed E-state index contributed by atoms with van der Waals surface area (Å²) in [6.07, 6.45) is 3.84. The fourth-order valence-electron chi connectivity index (χ4n) is 3.53. The number of hydrogen-bond donors (Lipinski definition) is 3. The van der Waals surface area contributed by atoms with Crippen molar-refractivity contribution in [3.8, 4) is 0 Å². The molecule has 0 fully saturated rings. The highest BCUT2D eigenvalue weighted by Crippen LogP contribution is 2.22. The van der Waals surface area contributed by atoms with Gasteiger partial charge in [-0.3, -0.25) is 4.79 Å². The predicted molar refractivity (Wildman–Crippen MR) is 120 cm³/mol. The molecule has 3 aromatic carbocycles. The summed E-state index contributed by atoms with van der Waals surface area (Å²) in [5.41, 5.74) is 6.09. The number of anilines is 2. The van der Waals surface area contributed by atoms with Crippen LogP contribution >= 0.6 is 0 Å². The van der Waals surface area contributed by atoms with Crippen LogP contribution in [0.15, 0.2) is 79.0 Å². The van der Waals surface area contributed by atoms with Gasteiger partial charge in [-0.2, -0.15) is 0 Å². The standard InChI is InChI=1S/C25H25N3O/c1-2-18-12-13-23-22(16-18)19(17-27-23)14-15-26-25(29)21-10-6-7-11-24(21)28-20-8-4-3-5-9-20/h3-13,16-17,27-28H,2,14-15H2,1H3,(H,26,29). The number of aromatic amines is 1. The maximum absolute atomic E-state index is 12.8. The van der Waals surface area contributed by atoms with Crippen LogP contribution in [0.3, 0.4) is 0 Å². The summed E-state index contributed by atoms with van der Waals surface area (Å²) >= 11 is 0. The van der Waals surface area contributed by atoms with Crippen molar-refractivity contribution in [2.75, 3.05) is 11.9 Å². The lowest BCUT2D eigenvalue weighted by Gasteiger charge is -2.12. The normalized spacial score (nSPS) is 10.8. The Labute approximate surface area is 171 Å². The first-order valence-corrected chi connectivity index (χ1v) is 10.0. The first kappa shape index (κ1) is 18.8. The zero-order chi connectivity index (χ0) is 20.1. The maximum Gasteiger partial charge on any atom is 0.253 e. The van der Waals surface area contributed by atoms with Crippen LogP contribution in [-0.2, 0) is 12.8 Å². The highest BCUT2D eigenvalue weighted by Gasteiger charge is 2.11. The van der Waals surface area contributed by atoms with Gasteiger partial charge in [-0.05, 0) is 60.4 Å². The number of nitrogens with one attached hydrogen (secondary N) is 3. The topological polar surface area (TPSA) is 56.9 Å². The zero-order valence-corrected chi connectivity index (χ0v) is 16.5. The summed E-state index contributed by atoms with van der Waals surface area (Å²) in [5.74, 6) is -0.0712. The first-order chi connectivity index (χ1) is 14.2. The molecule has 1 amide bonds. The summed E-state index contributed by atoms with van der Waals surface area (Å²) < 4.78 is 0. The zero-order valence-electron chi connectivity index (χ0n) is 16.5. The molecule has 1 aromatic heterocycles. The summed E-state index contributed by atoms with van der Waals surface area (Å²) in [4.78, 5) is 16.1. The molecule has 0 saturated heterocycles. The van der Waals surface area contributed by atoms with E-state index >= 15 is 0 Å². The molecule has 0 atom stereocenters. The number of rotatable bonds is 7. The Bertz CT molecular complexity index is 1120. The second-order valence-corrected chi connectivity index (χ2v) is 7.09. The van der Waals surface area contributed by atoms with E-state index in [1.54, 1.807) is 0 Å². The Morgan fingerprint density at radius 2 is 1.76 bits per heavy atom. The molecule has 4 nitrogen and oxygen atoms in total. The molecule has 0 aliphatic rings. The van der Waals surface area contributed by atoms with Crippen molar-refractivity contribution in [1.82, 2.24) is 10.3 Å².